The van der Waals surface area contributed by atoms with Crippen LogP contribution in [-0.4, -0.2) is 40.6 Å². The molecular formula is C16H17NaO2. The molecule has 2 nitrogen and oxygen atoms in total. The van der Waals surface area contributed by atoms with E-state index in [2.05, 4.69) is 0 Å². The van der Waals surface area contributed by atoms with Crippen molar-refractivity contribution in [3.63, 3.8) is 0 Å². The molecule has 94 valence electrons. The topological polar surface area (TPSA) is 37.3 Å². The minimum absolute atomic E-state index is 0. The van der Waals surface area contributed by atoms with Crippen molar-refractivity contribution >= 4 is 35.5 Å². The quantitative estimate of drug-likeness (QED) is 0.843. The van der Waals surface area contributed by atoms with Crippen LogP contribution in [0, 0.1) is 0 Å². The van der Waals surface area contributed by atoms with Crippen molar-refractivity contribution < 1.29 is 9.90 Å². The summed E-state index contributed by atoms with van der Waals surface area (Å²) in [6.45, 7) is 0. The fraction of sp³-hybridized carbons (Fsp3) is 0.188. The van der Waals surface area contributed by atoms with Gasteiger partial charge in [-0.05, 0) is 23.5 Å². The molecule has 0 saturated carbocycles. The van der Waals surface area contributed by atoms with Gasteiger partial charge in [-0.25, -0.2) is 0 Å². The van der Waals surface area contributed by atoms with E-state index in [4.69, 9.17) is 5.11 Å². The van der Waals surface area contributed by atoms with Gasteiger partial charge >= 0.3 is 35.5 Å². The third-order valence-electron chi connectivity index (χ3n) is 3.02. The predicted molar refractivity (Wildman–Crippen MR) is 78.7 cm³/mol. The van der Waals surface area contributed by atoms with E-state index in [9.17, 15) is 4.79 Å². The van der Waals surface area contributed by atoms with Gasteiger partial charge in [0.25, 0.3) is 0 Å². The molecule has 1 unspecified atom stereocenters. The zero-order chi connectivity index (χ0) is 12.8. The van der Waals surface area contributed by atoms with E-state index in [0.717, 1.165) is 12.0 Å². The van der Waals surface area contributed by atoms with E-state index in [1.165, 1.54) is 5.56 Å². The second-order valence-corrected chi connectivity index (χ2v) is 4.40. The van der Waals surface area contributed by atoms with Gasteiger partial charge in [-0.2, -0.15) is 0 Å². The van der Waals surface area contributed by atoms with Crippen LogP contribution in [0.5, 0.6) is 0 Å². The first-order chi connectivity index (χ1) is 8.75. The summed E-state index contributed by atoms with van der Waals surface area (Å²) in [5.74, 6) is -0.717. The molecule has 3 heteroatoms. The van der Waals surface area contributed by atoms with Gasteiger partial charge < -0.3 is 5.11 Å². The number of carbonyl (C=O) groups is 1. The summed E-state index contributed by atoms with van der Waals surface area (Å²) in [7, 11) is 0. The molecule has 2 rings (SSSR count). The molecule has 19 heavy (non-hydrogen) atoms. The van der Waals surface area contributed by atoms with Gasteiger partial charge in [0.05, 0.1) is 6.42 Å². The van der Waals surface area contributed by atoms with Gasteiger partial charge in [0.15, 0.2) is 0 Å². The van der Waals surface area contributed by atoms with E-state index in [1.54, 1.807) is 0 Å². The number of carboxylic acid groups (broad SMARTS) is 1. The number of aliphatic carboxylic acids is 1. The average molecular weight is 264 g/mol. The molecule has 0 aromatic heterocycles. The number of carboxylic acids is 1. The van der Waals surface area contributed by atoms with E-state index in [-0.39, 0.29) is 41.9 Å². The van der Waals surface area contributed by atoms with Crippen LogP contribution in [0.2, 0.25) is 0 Å². The average Bonchev–Trinajstić information content (AvgIpc) is 2.40. The number of benzene rings is 2. The number of hydrogen-bond acceptors (Lipinski definition) is 1. The Kier molecular flexibility index (Phi) is 6.85. The molecule has 1 N–H and O–H groups in total. The van der Waals surface area contributed by atoms with Crippen LogP contribution in [0.15, 0.2) is 60.7 Å². The van der Waals surface area contributed by atoms with Gasteiger partial charge in [0.2, 0.25) is 0 Å². The third kappa shape index (κ3) is 5.19. The molecule has 0 bridgehead atoms. The summed E-state index contributed by atoms with van der Waals surface area (Å²) in [4.78, 5) is 11.0. The Hall–Kier alpha value is -1.09. The fourth-order valence-electron chi connectivity index (χ4n) is 2.14. The molecule has 0 aliphatic heterocycles. The van der Waals surface area contributed by atoms with Crippen molar-refractivity contribution in [2.45, 2.75) is 18.8 Å². The van der Waals surface area contributed by atoms with Crippen LogP contribution < -0.4 is 0 Å². The van der Waals surface area contributed by atoms with Gasteiger partial charge in [-0.15, -0.1) is 0 Å². The van der Waals surface area contributed by atoms with Crippen molar-refractivity contribution in [3.05, 3.63) is 71.8 Å². The van der Waals surface area contributed by atoms with Gasteiger partial charge in [-0.1, -0.05) is 60.7 Å². The van der Waals surface area contributed by atoms with Crippen LogP contribution in [0.3, 0.4) is 0 Å². The standard InChI is InChI=1S/C16H16O2.Na.H/c17-16(18)12-15(14-9-5-2-6-10-14)11-13-7-3-1-4-8-13;;/h1-10,15H,11-12H2,(H,17,18);;. The van der Waals surface area contributed by atoms with Crippen molar-refractivity contribution in [2.24, 2.45) is 0 Å². The molecule has 2 aromatic rings. The van der Waals surface area contributed by atoms with Crippen molar-refractivity contribution in [1.29, 1.82) is 0 Å². The Balaban J connectivity index is 0.00000180. The summed E-state index contributed by atoms with van der Waals surface area (Å²) in [6.07, 6.45) is 0.927. The molecule has 0 spiro atoms. The molecule has 0 amide bonds. The second kappa shape index (κ2) is 8.16. The monoisotopic (exact) mass is 264 g/mol. The molecule has 1 atom stereocenters. The van der Waals surface area contributed by atoms with Gasteiger partial charge in [0.1, 0.15) is 0 Å². The SMILES string of the molecule is O=C(O)CC(Cc1ccccc1)c1ccccc1.[NaH]. The number of hydrogen-bond donors (Lipinski definition) is 1. The maximum absolute atomic E-state index is 11.0. The summed E-state index contributed by atoms with van der Waals surface area (Å²) >= 11 is 0. The van der Waals surface area contributed by atoms with Gasteiger partial charge in [-0.3, -0.25) is 4.79 Å². The first kappa shape index (κ1) is 16.0. The molecule has 0 saturated heterocycles. The Morgan fingerprint density at radius 1 is 0.947 bits per heavy atom. The zero-order valence-electron chi connectivity index (χ0n) is 10.1. The van der Waals surface area contributed by atoms with Crippen molar-refractivity contribution in [3.8, 4) is 0 Å². The molecular weight excluding hydrogens is 247 g/mol. The summed E-state index contributed by atoms with van der Waals surface area (Å²) in [5, 5.41) is 9.02. The Morgan fingerprint density at radius 2 is 1.47 bits per heavy atom. The minimum atomic E-state index is -0.750. The van der Waals surface area contributed by atoms with E-state index in [1.807, 2.05) is 60.7 Å². The van der Waals surface area contributed by atoms with E-state index in [0.29, 0.717) is 0 Å². The molecule has 2 aromatic carbocycles. The number of rotatable bonds is 5. The Morgan fingerprint density at radius 3 is 2.00 bits per heavy atom. The molecule has 0 fully saturated rings. The van der Waals surface area contributed by atoms with Crippen LogP contribution >= 0.6 is 0 Å². The van der Waals surface area contributed by atoms with Crippen LogP contribution in [-0.2, 0) is 11.2 Å². The second-order valence-electron chi connectivity index (χ2n) is 4.40. The summed E-state index contributed by atoms with van der Waals surface area (Å²) < 4.78 is 0. The predicted octanol–water partition coefficient (Wildman–Crippen LogP) is 2.84. The van der Waals surface area contributed by atoms with Crippen LogP contribution in [0.25, 0.3) is 0 Å². The van der Waals surface area contributed by atoms with Crippen LogP contribution in [0.4, 0.5) is 0 Å². The summed E-state index contributed by atoms with van der Waals surface area (Å²) in [6, 6.07) is 19.9. The molecule has 0 heterocycles. The third-order valence-corrected chi connectivity index (χ3v) is 3.02. The first-order valence-corrected chi connectivity index (χ1v) is 6.06. The summed E-state index contributed by atoms with van der Waals surface area (Å²) in [5.41, 5.74) is 2.26. The van der Waals surface area contributed by atoms with Crippen LogP contribution in [0.1, 0.15) is 23.5 Å². The van der Waals surface area contributed by atoms with E-state index >= 15 is 0 Å². The molecule has 0 aliphatic carbocycles. The molecule has 0 radical (unpaired) electrons. The van der Waals surface area contributed by atoms with E-state index < -0.39 is 5.97 Å². The van der Waals surface area contributed by atoms with Crippen molar-refractivity contribution in [1.82, 2.24) is 0 Å². The maximum atomic E-state index is 11.0. The zero-order valence-corrected chi connectivity index (χ0v) is 10.1. The molecule has 0 aliphatic rings. The normalized spacial score (nSPS) is 11.4. The fourth-order valence-corrected chi connectivity index (χ4v) is 2.14. The van der Waals surface area contributed by atoms with Crippen molar-refractivity contribution in [2.75, 3.05) is 0 Å². The first-order valence-electron chi connectivity index (χ1n) is 6.06. The Labute approximate surface area is 135 Å². The van der Waals surface area contributed by atoms with Gasteiger partial charge in [0, 0.05) is 0 Å². The Bertz CT molecular complexity index is 497.